The topological polar surface area (TPSA) is 59.8 Å². The van der Waals surface area contributed by atoms with Gasteiger partial charge in [0.1, 0.15) is 0 Å². The summed E-state index contributed by atoms with van der Waals surface area (Å²) in [5.74, 6) is 0.389. The molecule has 10 heavy (non-hydrogen) atoms. The maximum atomic E-state index is 9.92. The van der Waals surface area contributed by atoms with Gasteiger partial charge in [-0.1, -0.05) is 0 Å². The van der Waals surface area contributed by atoms with Crippen LogP contribution < -0.4 is 5.32 Å². The molecule has 6 heteroatoms. The predicted octanol–water partition coefficient (Wildman–Crippen LogP) is -0.328. The van der Waals surface area contributed by atoms with Crippen LogP contribution in [0.15, 0.2) is 5.16 Å². The molecule has 0 aliphatic carbocycles. The molecule has 0 saturated heterocycles. The number of nitrogens with zero attached hydrogens (tertiary/aromatic N) is 3. The van der Waals surface area contributed by atoms with Crippen LogP contribution in [-0.4, -0.2) is 21.2 Å². The van der Waals surface area contributed by atoms with Crippen molar-refractivity contribution in [3.05, 3.63) is 0 Å². The molecule has 1 aromatic heterocycles. The van der Waals surface area contributed by atoms with Gasteiger partial charge in [-0.05, 0) is 0 Å². The molecule has 0 unspecified atom stereocenters. The highest BCUT2D eigenvalue weighted by molar-refractivity contribution is 7.80. The lowest BCUT2D eigenvalue weighted by Crippen LogP contribution is -2.01. The predicted molar refractivity (Wildman–Crippen MR) is 37.9 cm³/mol. The fourth-order valence-corrected chi connectivity index (χ4v) is 0.639. The van der Waals surface area contributed by atoms with E-state index in [1.807, 2.05) is 0 Å². The Hall–Kier alpha value is -1.04. The van der Waals surface area contributed by atoms with E-state index in [1.54, 1.807) is 11.6 Å². The summed E-state index contributed by atoms with van der Waals surface area (Å²) in [5.41, 5.74) is 0. The van der Waals surface area contributed by atoms with Crippen molar-refractivity contribution >= 4 is 25.0 Å². The first-order valence-corrected chi connectivity index (χ1v) is 2.99. The Morgan fingerprint density at radius 1 is 1.70 bits per heavy atom. The largest absolute Gasteiger partial charge is 0.297 e. The van der Waals surface area contributed by atoms with Gasteiger partial charge in [-0.2, -0.15) is 0 Å². The minimum atomic E-state index is 0.389. The minimum Gasteiger partial charge on any atom is -0.297 e. The van der Waals surface area contributed by atoms with Crippen molar-refractivity contribution in [2.45, 2.75) is 5.16 Å². The Morgan fingerprint density at radius 3 is 2.80 bits per heavy atom. The second-order valence-corrected chi connectivity index (χ2v) is 2.04. The van der Waals surface area contributed by atoms with E-state index in [0.717, 1.165) is 0 Å². The summed E-state index contributed by atoms with van der Waals surface area (Å²) in [4.78, 5) is 9.92. The van der Waals surface area contributed by atoms with Gasteiger partial charge in [0.15, 0.2) is 5.16 Å². The number of hydrogen-bond acceptors (Lipinski definition) is 4. The SMILES string of the molecule is Cn1c(S)nnc1NC=O. The summed E-state index contributed by atoms with van der Waals surface area (Å²) in [7, 11) is 1.70. The highest BCUT2D eigenvalue weighted by atomic mass is 32.1. The molecule has 1 amide bonds. The first-order chi connectivity index (χ1) is 4.75. The van der Waals surface area contributed by atoms with Gasteiger partial charge in [-0.25, -0.2) is 0 Å². The van der Waals surface area contributed by atoms with Crippen molar-refractivity contribution in [1.82, 2.24) is 14.8 Å². The highest BCUT2D eigenvalue weighted by Gasteiger charge is 2.01. The number of carbonyl (C=O) groups excluding carboxylic acids is 1. The van der Waals surface area contributed by atoms with E-state index in [9.17, 15) is 4.79 Å². The van der Waals surface area contributed by atoms with Crippen molar-refractivity contribution in [3.8, 4) is 0 Å². The third kappa shape index (κ3) is 1.10. The Labute approximate surface area is 62.9 Å². The molecular weight excluding hydrogens is 152 g/mol. The Kier molecular flexibility index (Phi) is 1.91. The van der Waals surface area contributed by atoms with E-state index in [4.69, 9.17) is 0 Å². The molecule has 1 heterocycles. The zero-order valence-corrected chi connectivity index (χ0v) is 6.17. The monoisotopic (exact) mass is 158 g/mol. The van der Waals surface area contributed by atoms with E-state index >= 15 is 0 Å². The normalized spacial score (nSPS) is 9.40. The molecule has 0 radical (unpaired) electrons. The maximum absolute atomic E-state index is 9.92. The van der Waals surface area contributed by atoms with E-state index in [2.05, 4.69) is 28.1 Å². The number of nitrogens with one attached hydrogen (secondary N) is 1. The van der Waals surface area contributed by atoms with Crippen molar-refractivity contribution in [1.29, 1.82) is 0 Å². The lowest BCUT2D eigenvalue weighted by Gasteiger charge is -1.95. The number of hydrogen-bond donors (Lipinski definition) is 2. The molecule has 0 atom stereocenters. The molecule has 1 aromatic rings. The molecule has 0 aromatic carbocycles. The first kappa shape index (κ1) is 7.07. The minimum absolute atomic E-state index is 0.389. The van der Waals surface area contributed by atoms with Gasteiger partial charge in [0.25, 0.3) is 0 Å². The van der Waals surface area contributed by atoms with Crippen LogP contribution in [0.2, 0.25) is 0 Å². The standard InChI is InChI=1S/C4H6N4OS/c1-8-3(5-2-9)6-7-4(8)10/h2H,1H3,(H,7,10)(H,5,6,9). The summed E-state index contributed by atoms with van der Waals surface area (Å²) in [5, 5.41) is 10.0. The Balaban J connectivity index is 2.93. The van der Waals surface area contributed by atoms with Crippen LogP contribution in [0, 0.1) is 0 Å². The average Bonchev–Trinajstić information content (AvgIpc) is 2.20. The van der Waals surface area contributed by atoms with Crippen molar-refractivity contribution < 1.29 is 4.79 Å². The molecule has 0 aliphatic rings. The molecule has 0 saturated carbocycles. The fraction of sp³-hybridized carbons (Fsp3) is 0.250. The Morgan fingerprint density at radius 2 is 2.40 bits per heavy atom. The zero-order chi connectivity index (χ0) is 7.56. The second kappa shape index (κ2) is 2.70. The van der Waals surface area contributed by atoms with Crippen molar-refractivity contribution in [3.63, 3.8) is 0 Å². The first-order valence-electron chi connectivity index (χ1n) is 2.54. The van der Waals surface area contributed by atoms with Gasteiger partial charge < -0.3 is 0 Å². The number of carbonyl (C=O) groups is 1. The smallest absolute Gasteiger partial charge is 0.231 e. The summed E-state index contributed by atoms with van der Waals surface area (Å²) in [6, 6.07) is 0. The van der Waals surface area contributed by atoms with Crippen molar-refractivity contribution in [2.75, 3.05) is 5.32 Å². The number of aromatic nitrogens is 3. The third-order valence-electron chi connectivity index (χ3n) is 1.04. The van der Waals surface area contributed by atoms with Gasteiger partial charge >= 0.3 is 0 Å². The summed E-state index contributed by atoms with van der Waals surface area (Å²) < 4.78 is 1.55. The summed E-state index contributed by atoms with van der Waals surface area (Å²) in [6.45, 7) is 0. The lowest BCUT2D eigenvalue weighted by atomic mass is 10.9. The molecule has 0 spiro atoms. The third-order valence-corrected chi connectivity index (χ3v) is 1.43. The molecular formula is C4H6N4OS. The average molecular weight is 158 g/mol. The summed E-state index contributed by atoms with van der Waals surface area (Å²) in [6.07, 6.45) is 0.539. The van der Waals surface area contributed by atoms with E-state index < -0.39 is 0 Å². The van der Waals surface area contributed by atoms with Gasteiger partial charge in [-0.3, -0.25) is 14.7 Å². The lowest BCUT2D eigenvalue weighted by molar-refractivity contribution is -0.105. The van der Waals surface area contributed by atoms with E-state index in [-0.39, 0.29) is 0 Å². The number of thiol groups is 1. The number of anilines is 1. The van der Waals surface area contributed by atoms with E-state index in [1.165, 1.54) is 0 Å². The molecule has 0 bridgehead atoms. The van der Waals surface area contributed by atoms with Crippen LogP contribution in [0.5, 0.6) is 0 Å². The molecule has 54 valence electrons. The van der Waals surface area contributed by atoms with Gasteiger partial charge in [0.2, 0.25) is 12.4 Å². The molecule has 1 rings (SSSR count). The van der Waals surface area contributed by atoms with Gasteiger partial charge in [0.05, 0.1) is 0 Å². The van der Waals surface area contributed by atoms with Crippen LogP contribution >= 0.6 is 12.6 Å². The quantitative estimate of drug-likeness (QED) is 0.457. The molecule has 0 aliphatic heterocycles. The van der Waals surface area contributed by atoms with Crippen LogP contribution in [0.3, 0.4) is 0 Å². The Bertz CT molecular complexity index is 245. The number of rotatable bonds is 2. The fourth-order valence-electron chi connectivity index (χ4n) is 0.499. The van der Waals surface area contributed by atoms with Crippen LogP contribution in [0.1, 0.15) is 0 Å². The molecule has 0 fully saturated rings. The van der Waals surface area contributed by atoms with Gasteiger partial charge in [-0.15, -0.1) is 22.8 Å². The maximum Gasteiger partial charge on any atom is 0.231 e. The number of amides is 1. The van der Waals surface area contributed by atoms with Crippen LogP contribution in [-0.2, 0) is 11.8 Å². The zero-order valence-electron chi connectivity index (χ0n) is 5.27. The van der Waals surface area contributed by atoms with Crippen LogP contribution in [0.4, 0.5) is 5.95 Å². The highest BCUT2D eigenvalue weighted by Crippen LogP contribution is 2.05. The summed E-state index contributed by atoms with van der Waals surface area (Å²) >= 11 is 3.94. The molecule has 1 N–H and O–H groups in total. The molecule has 5 nitrogen and oxygen atoms in total. The van der Waals surface area contributed by atoms with Gasteiger partial charge in [0, 0.05) is 7.05 Å². The van der Waals surface area contributed by atoms with E-state index in [0.29, 0.717) is 17.5 Å². The van der Waals surface area contributed by atoms with Crippen molar-refractivity contribution in [2.24, 2.45) is 7.05 Å². The van der Waals surface area contributed by atoms with Crippen LogP contribution in [0.25, 0.3) is 0 Å². The second-order valence-electron chi connectivity index (χ2n) is 1.64.